The number of amides is 1. The molecule has 0 spiro atoms. The van der Waals surface area contributed by atoms with Crippen LogP contribution in [-0.2, 0) is 4.79 Å². The van der Waals surface area contributed by atoms with E-state index in [0.29, 0.717) is 6.54 Å². The molecule has 1 rings (SSSR count). The lowest BCUT2D eigenvalue weighted by molar-refractivity contribution is -0.128. The average molecular weight is 346 g/mol. The topological polar surface area (TPSA) is 40.5 Å². The zero-order chi connectivity index (χ0) is 14.3. The smallest absolute Gasteiger partial charge is 0.246 e. The Kier molecular flexibility index (Phi) is 7.34. The van der Waals surface area contributed by atoms with E-state index in [1.807, 2.05) is 18.2 Å². The van der Waals surface area contributed by atoms with Crippen molar-refractivity contribution in [2.75, 3.05) is 13.2 Å². The Morgan fingerprint density at radius 3 is 2.63 bits per heavy atom. The monoisotopic (exact) mass is 345 g/mol. The second kappa shape index (κ2) is 8.51. The van der Waals surface area contributed by atoms with Gasteiger partial charge in [-0.3, -0.25) is 4.79 Å². The third-order valence-corrected chi connectivity index (χ3v) is 4.58. The molecule has 1 aromatic heterocycles. The molecule has 1 aromatic rings. The molecular formula is C14H20BrNO2S. The van der Waals surface area contributed by atoms with E-state index in [1.165, 1.54) is 0 Å². The summed E-state index contributed by atoms with van der Waals surface area (Å²) in [5, 5.41) is 9.09. The summed E-state index contributed by atoms with van der Waals surface area (Å²) in [6.07, 6.45) is 5.22. The van der Waals surface area contributed by atoms with Crippen LogP contribution in [0.5, 0.6) is 0 Å². The molecule has 0 radical (unpaired) electrons. The van der Waals surface area contributed by atoms with Crippen LogP contribution in [0.25, 0.3) is 6.08 Å². The van der Waals surface area contributed by atoms with Crippen molar-refractivity contribution in [3.8, 4) is 0 Å². The van der Waals surface area contributed by atoms with Gasteiger partial charge in [-0.25, -0.2) is 0 Å². The fourth-order valence-electron chi connectivity index (χ4n) is 1.98. The van der Waals surface area contributed by atoms with Crippen LogP contribution >= 0.6 is 27.3 Å². The Labute approximate surface area is 127 Å². The molecule has 1 N–H and O–H groups in total. The van der Waals surface area contributed by atoms with Gasteiger partial charge in [-0.1, -0.05) is 13.8 Å². The SMILES string of the molecule is CCC(CC)N(CCO)C(=O)C=Cc1ccc(Br)s1. The van der Waals surface area contributed by atoms with E-state index >= 15 is 0 Å². The number of carbonyl (C=O) groups excluding carboxylic acids is 1. The van der Waals surface area contributed by atoms with E-state index in [-0.39, 0.29) is 18.6 Å². The van der Waals surface area contributed by atoms with Gasteiger partial charge in [0.15, 0.2) is 0 Å². The van der Waals surface area contributed by atoms with Crippen molar-refractivity contribution in [3.05, 3.63) is 26.9 Å². The lowest BCUT2D eigenvalue weighted by Crippen LogP contribution is -2.40. The summed E-state index contributed by atoms with van der Waals surface area (Å²) in [4.78, 5) is 15.0. The standard InChI is InChI=1S/C14H20BrNO2S/c1-3-11(4-2)16(9-10-17)14(18)8-6-12-5-7-13(15)19-12/h5-8,11,17H,3-4,9-10H2,1-2H3. The minimum Gasteiger partial charge on any atom is -0.395 e. The first-order chi connectivity index (χ1) is 9.12. The first-order valence-electron chi connectivity index (χ1n) is 6.47. The molecule has 1 amide bonds. The number of nitrogens with zero attached hydrogens (tertiary/aromatic N) is 1. The molecule has 106 valence electrons. The molecular weight excluding hydrogens is 326 g/mol. The van der Waals surface area contributed by atoms with Gasteiger partial charge < -0.3 is 10.0 Å². The van der Waals surface area contributed by atoms with E-state index < -0.39 is 0 Å². The van der Waals surface area contributed by atoms with Gasteiger partial charge in [0.25, 0.3) is 0 Å². The molecule has 0 fully saturated rings. The fourth-order valence-corrected chi connectivity index (χ4v) is 3.30. The molecule has 3 nitrogen and oxygen atoms in total. The lowest BCUT2D eigenvalue weighted by atomic mass is 10.1. The highest BCUT2D eigenvalue weighted by Crippen LogP contribution is 2.23. The van der Waals surface area contributed by atoms with Crippen molar-refractivity contribution in [3.63, 3.8) is 0 Å². The number of hydrogen-bond donors (Lipinski definition) is 1. The Morgan fingerprint density at radius 1 is 1.47 bits per heavy atom. The Bertz CT molecular complexity index is 427. The van der Waals surface area contributed by atoms with Crippen molar-refractivity contribution in [1.82, 2.24) is 4.90 Å². The summed E-state index contributed by atoms with van der Waals surface area (Å²) in [5.74, 6) is -0.0349. The maximum Gasteiger partial charge on any atom is 0.246 e. The molecule has 0 aliphatic rings. The molecule has 19 heavy (non-hydrogen) atoms. The van der Waals surface area contributed by atoms with Crippen LogP contribution in [0, 0.1) is 0 Å². The Morgan fingerprint density at radius 2 is 2.16 bits per heavy atom. The van der Waals surface area contributed by atoms with Crippen LogP contribution in [0.15, 0.2) is 22.0 Å². The predicted octanol–water partition coefficient (Wildman–Crippen LogP) is 3.53. The van der Waals surface area contributed by atoms with Crippen LogP contribution in [0.2, 0.25) is 0 Å². The van der Waals surface area contributed by atoms with Crippen LogP contribution < -0.4 is 0 Å². The van der Waals surface area contributed by atoms with Gasteiger partial charge in [0.2, 0.25) is 5.91 Å². The van der Waals surface area contributed by atoms with E-state index in [4.69, 9.17) is 5.11 Å². The van der Waals surface area contributed by atoms with Crippen LogP contribution in [0.1, 0.15) is 31.6 Å². The normalized spacial score (nSPS) is 11.4. The molecule has 1 heterocycles. The van der Waals surface area contributed by atoms with E-state index in [9.17, 15) is 4.79 Å². The highest BCUT2D eigenvalue weighted by Gasteiger charge is 2.18. The van der Waals surface area contributed by atoms with Gasteiger partial charge in [0, 0.05) is 23.5 Å². The number of aliphatic hydroxyl groups is 1. The largest absolute Gasteiger partial charge is 0.395 e. The first-order valence-corrected chi connectivity index (χ1v) is 8.08. The summed E-state index contributed by atoms with van der Waals surface area (Å²) in [6.45, 7) is 4.52. The number of carbonyl (C=O) groups is 1. The van der Waals surface area contributed by atoms with Crippen molar-refractivity contribution in [2.24, 2.45) is 0 Å². The van der Waals surface area contributed by atoms with Crippen molar-refractivity contribution < 1.29 is 9.90 Å². The van der Waals surface area contributed by atoms with Crippen LogP contribution in [-0.4, -0.2) is 35.1 Å². The maximum atomic E-state index is 12.2. The second-order valence-corrected chi connectivity index (χ2v) is 6.70. The van der Waals surface area contributed by atoms with E-state index in [1.54, 1.807) is 22.3 Å². The van der Waals surface area contributed by atoms with Gasteiger partial charge >= 0.3 is 0 Å². The molecule has 0 unspecified atom stereocenters. The average Bonchev–Trinajstić information content (AvgIpc) is 2.82. The number of rotatable bonds is 7. The van der Waals surface area contributed by atoms with Crippen molar-refractivity contribution in [2.45, 2.75) is 32.7 Å². The molecule has 5 heteroatoms. The first kappa shape index (κ1) is 16.4. The van der Waals surface area contributed by atoms with Gasteiger partial charge in [-0.15, -0.1) is 11.3 Å². The molecule has 0 aliphatic carbocycles. The molecule has 0 saturated heterocycles. The maximum absolute atomic E-state index is 12.2. The lowest BCUT2D eigenvalue weighted by Gasteiger charge is -2.28. The summed E-state index contributed by atoms with van der Waals surface area (Å²) < 4.78 is 1.05. The van der Waals surface area contributed by atoms with E-state index in [0.717, 1.165) is 21.5 Å². The number of thiophene rings is 1. The number of hydrogen-bond acceptors (Lipinski definition) is 3. The molecule has 0 bridgehead atoms. The van der Waals surface area contributed by atoms with E-state index in [2.05, 4.69) is 29.8 Å². The minimum atomic E-state index is -0.0349. The molecule has 0 aliphatic heterocycles. The van der Waals surface area contributed by atoms with Crippen molar-refractivity contribution >= 4 is 39.2 Å². The highest BCUT2D eigenvalue weighted by molar-refractivity contribution is 9.11. The summed E-state index contributed by atoms with van der Waals surface area (Å²) >= 11 is 4.98. The van der Waals surface area contributed by atoms with Gasteiger partial charge in [0.05, 0.1) is 10.4 Å². The summed E-state index contributed by atoms with van der Waals surface area (Å²) in [6, 6.07) is 4.12. The van der Waals surface area contributed by atoms with Gasteiger partial charge in [-0.2, -0.15) is 0 Å². The number of aliphatic hydroxyl groups excluding tert-OH is 1. The molecule has 0 atom stereocenters. The number of halogens is 1. The third kappa shape index (κ3) is 5.09. The Hall–Kier alpha value is -0.650. The van der Waals surface area contributed by atoms with Crippen molar-refractivity contribution in [1.29, 1.82) is 0 Å². The summed E-state index contributed by atoms with van der Waals surface area (Å²) in [5.41, 5.74) is 0. The Balaban J connectivity index is 2.73. The minimum absolute atomic E-state index is 0.000625. The highest BCUT2D eigenvalue weighted by atomic mass is 79.9. The third-order valence-electron chi connectivity index (χ3n) is 2.99. The summed E-state index contributed by atoms with van der Waals surface area (Å²) in [7, 11) is 0. The predicted molar refractivity (Wildman–Crippen MR) is 84.2 cm³/mol. The van der Waals surface area contributed by atoms with Gasteiger partial charge in [-0.05, 0) is 47.0 Å². The zero-order valence-corrected chi connectivity index (χ0v) is 13.7. The van der Waals surface area contributed by atoms with Crippen LogP contribution in [0.3, 0.4) is 0 Å². The quantitative estimate of drug-likeness (QED) is 0.768. The fraction of sp³-hybridized carbons (Fsp3) is 0.500. The molecule has 0 saturated carbocycles. The molecule has 0 aromatic carbocycles. The second-order valence-electron chi connectivity index (χ2n) is 4.20. The zero-order valence-electron chi connectivity index (χ0n) is 11.3. The van der Waals surface area contributed by atoms with Gasteiger partial charge in [0.1, 0.15) is 0 Å². The van der Waals surface area contributed by atoms with Crippen LogP contribution in [0.4, 0.5) is 0 Å².